The summed E-state index contributed by atoms with van der Waals surface area (Å²) in [6.45, 7) is 1.50. The number of carbonyl (C=O) groups excluding carboxylic acids is 1. The molecular weight excluding hydrogens is 448 g/mol. The van der Waals surface area contributed by atoms with Gasteiger partial charge in [-0.25, -0.2) is 13.1 Å². The minimum atomic E-state index is -3.75. The summed E-state index contributed by atoms with van der Waals surface area (Å²) >= 11 is 7.45. The number of nitrogens with one attached hydrogen (secondary N) is 2. The van der Waals surface area contributed by atoms with Crippen molar-refractivity contribution >= 4 is 39.3 Å². The van der Waals surface area contributed by atoms with Crippen LogP contribution < -0.4 is 19.5 Å². The molecular formula is C20H23ClN2O5S2. The van der Waals surface area contributed by atoms with E-state index in [1.807, 2.05) is 24.3 Å². The lowest BCUT2D eigenvalue weighted by Gasteiger charge is -2.11. The summed E-state index contributed by atoms with van der Waals surface area (Å²) in [5, 5.41) is 3.46. The van der Waals surface area contributed by atoms with E-state index in [1.165, 1.54) is 12.1 Å². The minimum absolute atomic E-state index is 0.00688. The fraction of sp³-hybridized carbons (Fsp3) is 0.350. The molecule has 1 amide bonds. The third-order valence-corrected chi connectivity index (χ3v) is 6.90. The Hall–Kier alpha value is -1.94. The van der Waals surface area contributed by atoms with Crippen LogP contribution in [0.5, 0.6) is 11.5 Å². The molecule has 1 aliphatic heterocycles. The zero-order valence-electron chi connectivity index (χ0n) is 16.2. The number of hydrogen-bond donors (Lipinski definition) is 2. The van der Waals surface area contributed by atoms with Crippen LogP contribution >= 0.6 is 23.4 Å². The Labute approximate surface area is 185 Å². The second-order valence-corrected chi connectivity index (χ2v) is 9.83. The van der Waals surface area contributed by atoms with Crippen molar-refractivity contribution in [1.29, 1.82) is 0 Å². The summed E-state index contributed by atoms with van der Waals surface area (Å²) in [5.41, 5.74) is 0. The first-order chi connectivity index (χ1) is 14.4. The summed E-state index contributed by atoms with van der Waals surface area (Å²) < 4.78 is 38.4. The average molecular weight is 471 g/mol. The number of thioether (sulfide) groups is 1. The van der Waals surface area contributed by atoms with Gasteiger partial charge in [0, 0.05) is 47.7 Å². The number of benzene rings is 2. The first kappa shape index (κ1) is 22.7. The maximum Gasteiger partial charge on any atom is 0.240 e. The molecule has 10 heteroatoms. The molecule has 162 valence electrons. The molecule has 0 bridgehead atoms. The molecule has 3 rings (SSSR count). The van der Waals surface area contributed by atoms with E-state index in [0.717, 1.165) is 11.3 Å². The van der Waals surface area contributed by atoms with Gasteiger partial charge < -0.3 is 14.8 Å². The molecule has 0 radical (unpaired) electrons. The Balaban J connectivity index is 1.40. The number of fused-ring (bicyclic) bond motifs is 1. The normalized spacial score (nSPS) is 13.5. The Kier molecular flexibility index (Phi) is 8.26. The van der Waals surface area contributed by atoms with Crippen molar-refractivity contribution in [3.05, 3.63) is 47.5 Å². The van der Waals surface area contributed by atoms with Gasteiger partial charge in [0.15, 0.2) is 11.5 Å². The maximum absolute atomic E-state index is 12.5. The predicted octanol–water partition coefficient (Wildman–Crippen LogP) is 3.08. The number of sulfonamides is 1. The quantitative estimate of drug-likeness (QED) is 0.432. The lowest BCUT2D eigenvalue weighted by molar-refractivity contribution is -0.120. The van der Waals surface area contributed by atoms with Crippen molar-refractivity contribution in [2.45, 2.75) is 22.6 Å². The van der Waals surface area contributed by atoms with Crippen molar-refractivity contribution in [3.63, 3.8) is 0 Å². The zero-order chi connectivity index (χ0) is 21.4. The molecule has 0 saturated carbocycles. The van der Waals surface area contributed by atoms with Crippen LogP contribution in [-0.2, 0) is 14.8 Å². The fourth-order valence-electron chi connectivity index (χ4n) is 2.67. The van der Waals surface area contributed by atoms with Crippen molar-refractivity contribution in [2.75, 3.05) is 32.1 Å². The number of carbonyl (C=O) groups is 1. The highest BCUT2D eigenvalue weighted by atomic mass is 35.5. The van der Waals surface area contributed by atoms with Crippen LogP contribution in [0.15, 0.2) is 52.3 Å². The third-order valence-electron chi connectivity index (χ3n) is 4.18. The summed E-state index contributed by atoms with van der Waals surface area (Å²) in [4.78, 5) is 13.1. The second-order valence-electron chi connectivity index (χ2n) is 6.46. The molecule has 30 heavy (non-hydrogen) atoms. The van der Waals surface area contributed by atoms with Crippen LogP contribution in [0.4, 0.5) is 0 Å². The SMILES string of the molecule is O=C(CCNS(=O)(=O)c1ccc2c(c1)OCCCO2)NCCSc1ccc(Cl)cc1. The van der Waals surface area contributed by atoms with E-state index in [0.29, 0.717) is 42.0 Å². The topological polar surface area (TPSA) is 93.7 Å². The van der Waals surface area contributed by atoms with Gasteiger partial charge in [0.2, 0.25) is 15.9 Å². The van der Waals surface area contributed by atoms with E-state index in [9.17, 15) is 13.2 Å². The van der Waals surface area contributed by atoms with Gasteiger partial charge in [-0.05, 0) is 36.4 Å². The molecule has 0 unspecified atom stereocenters. The summed E-state index contributed by atoms with van der Waals surface area (Å²) in [5.74, 6) is 1.43. The number of ether oxygens (including phenoxy) is 2. The molecule has 2 aromatic carbocycles. The Morgan fingerprint density at radius 1 is 1.03 bits per heavy atom. The lowest BCUT2D eigenvalue weighted by Crippen LogP contribution is -2.31. The number of rotatable bonds is 9. The monoisotopic (exact) mass is 470 g/mol. The summed E-state index contributed by atoms with van der Waals surface area (Å²) in [7, 11) is -3.75. The third kappa shape index (κ3) is 6.80. The molecule has 1 aliphatic rings. The van der Waals surface area contributed by atoms with Gasteiger partial charge in [-0.2, -0.15) is 0 Å². The molecule has 0 saturated heterocycles. The van der Waals surface area contributed by atoms with Crippen LogP contribution in [-0.4, -0.2) is 46.4 Å². The van der Waals surface area contributed by atoms with E-state index in [-0.39, 0.29) is 23.8 Å². The summed E-state index contributed by atoms with van der Waals surface area (Å²) in [6.07, 6.45) is 0.789. The zero-order valence-corrected chi connectivity index (χ0v) is 18.6. The van der Waals surface area contributed by atoms with Crippen LogP contribution in [0, 0.1) is 0 Å². The molecule has 0 spiro atoms. The molecule has 2 N–H and O–H groups in total. The van der Waals surface area contributed by atoms with E-state index < -0.39 is 10.0 Å². The van der Waals surface area contributed by atoms with Crippen molar-refractivity contribution in [3.8, 4) is 11.5 Å². The van der Waals surface area contributed by atoms with Gasteiger partial charge in [0.25, 0.3) is 0 Å². The van der Waals surface area contributed by atoms with Gasteiger partial charge in [0.05, 0.1) is 18.1 Å². The fourth-order valence-corrected chi connectivity index (χ4v) is 4.61. The maximum atomic E-state index is 12.5. The van der Waals surface area contributed by atoms with Crippen LogP contribution in [0.25, 0.3) is 0 Å². The van der Waals surface area contributed by atoms with Crippen LogP contribution in [0.2, 0.25) is 5.02 Å². The molecule has 7 nitrogen and oxygen atoms in total. The van der Waals surface area contributed by atoms with E-state index >= 15 is 0 Å². The van der Waals surface area contributed by atoms with Gasteiger partial charge in [-0.1, -0.05) is 11.6 Å². The minimum Gasteiger partial charge on any atom is -0.490 e. The Morgan fingerprint density at radius 3 is 2.53 bits per heavy atom. The number of halogens is 1. The van der Waals surface area contributed by atoms with Crippen molar-refractivity contribution in [2.24, 2.45) is 0 Å². The van der Waals surface area contributed by atoms with Gasteiger partial charge in [-0.15, -0.1) is 11.8 Å². The highest BCUT2D eigenvalue weighted by molar-refractivity contribution is 7.99. The van der Waals surface area contributed by atoms with E-state index in [4.69, 9.17) is 21.1 Å². The molecule has 1 heterocycles. The van der Waals surface area contributed by atoms with Crippen LogP contribution in [0.3, 0.4) is 0 Å². The van der Waals surface area contributed by atoms with Crippen molar-refractivity contribution in [1.82, 2.24) is 10.0 Å². The molecule has 0 aromatic heterocycles. The molecule has 2 aromatic rings. The Morgan fingerprint density at radius 2 is 1.77 bits per heavy atom. The predicted molar refractivity (Wildman–Crippen MR) is 117 cm³/mol. The Bertz CT molecular complexity index is 968. The van der Waals surface area contributed by atoms with E-state index in [2.05, 4.69) is 10.0 Å². The number of amides is 1. The van der Waals surface area contributed by atoms with E-state index in [1.54, 1.807) is 17.8 Å². The largest absolute Gasteiger partial charge is 0.490 e. The van der Waals surface area contributed by atoms with Gasteiger partial charge in [0.1, 0.15) is 0 Å². The molecule has 0 aliphatic carbocycles. The first-order valence-electron chi connectivity index (χ1n) is 9.48. The van der Waals surface area contributed by atoms with Gasteiger partial charge in [-0.3, -0.25) is 4.79 Å². The number of hydrogen-bond acceptors (Lipinski definition) is 6. The first-order valence-corrected chi connectivity index (χ1v) is 12.3. The smallest absolute Gasteiger partial charge is 0.240 e. The van der Waals surface area contributed by atoms with Crippen molar-refractivity contribution < 1.29 is 22.7 Å². The molecule has 0 atom stereocenters. The highest BCUT2D eigenvalue weighted by Gasteiger charge is 2.18. The van der Waals surface area contributed by atoms with Crippen LogP contribution in [0.1, 0.15) is 12.8 Å². The average Bonchev–Trinajstić information content (AvgIpc) is 2.97. The van der Waals surface area contributed by atoms with Gasteiger partial charge >= 0.3 is 0 Å². The second kappa shape index (κ2) is 10.9. The molecule has 0 fully saturated rings. The standard InChI is InChI=1S/C20H23ClN2O5S2/c21-15-2-4-16(5-3-15)29-13-10-22-20(24)8-9-23-30(25,26)17-6-7-18-19(14-17)28-12-1-11-27-18/h2-7,14,23H,1,8-13H2,(H,22,24). The lowest BCUT2D eigenvalue weighted by atomic mass is 10.3. The summed E-state index contributed by atoms with van der Waals surface area (Å²) in [6, 6.07) is 12.0. The highest BCUT2D eigenvalue weighted by Crippen LogP contribution is 2.31.